The highest BCUT2D eigenvalue weighted by molar-refractivity contribution is 6.30. The fourth-order valence-electron chi connectivity index (χ4n) is 2.06. The summed E-state index contributed by atoms with van der Waals surface area (Å²) < 4.78 is 1.73. The quantitative estimate of drug-likeness (QED) is 0.919. The van der Waals surface area contributed by atoms with Crippen LogP contribution in [-0.4, -0.2) is 41.2 Å². The molecule has 116 valence electrons. The third-order valence-corrected chi connectivity index (χ3v) is 3.52. The number of halogens is 1. The Kier molecular flexibility index (Phi) is 5.00. The van der Waals surface area contributed by atoms with E-state index in [1.807, 2.05) is 19.0 Å². The molecule has 2 rings (SSSR count). The van der Waals surface area contributed by atoms with Crippen molar-refractivity contribution < 1.29 is 9.90 Å². The number of carboxylic acid groups (broad SMARTS) is 1. The molecule has 6 heteroatoms. The Morgan fingerprint density at radius 2 is 1.86 bits per heavy atom. The van der Waals surface area contributed by atoms with Crippen molar-refractivity contribution in [3.63, 3.8) is 0 Å². The first kappa shape index (κ1) is 16.3. The number of rotatable bonds is 5. The first-order valence-electron chi connectivity index (χ1n) is 6.76. The van der Waals surface area contributed by atoms with Gasteiger partial charge in [-0.3, -0.25) is 4.79 Å². The van der Waals surface area contributed by atoms with E-state index in [1.165, 1.54) is 6.20 Å². The maximum Gasteiger partial charge on any atom is 0.341 e. The highest BCUT2D eigenvalue weighted by atomic mass is 35.5. The number of pyridine rings is 1. The molecule has 0 unspecified atom stereocenters. The molecule has 0 bridgehead atoms. The van der Waals surface area contributed by atoms with Crippen molar-refractivity contribution in [1.82, 2.24) is 9.47 Å². The highest BCUT2D eigenvalue weighted by Crippen LogP contribution is 2.19. The van der Waals surface area contributed by atoms with Gasteiger partial charge in [-0.1, -0.05) is 23.7 Å². The summed E-state index contributed by atoms with van der Waals surface area (Å²) in [5, 5.41) is 9.80. The van der Waals surface area contributed by atoms with Crippen LogP contribution in [0.5, 0.6) is 0 Å². The van der Waals surface area contributed by atoms with Crippen LogP contribution in [0.25, 0.3) is 11.1 Å². The summed E-state index contributed by atoms with van der Waals surface area (Å²) in [7, 11) is 3.86. The van der Waals surface area contributed by atoms with Gasteiger partial charge in [-0.2, -0.15) is 0 Å². The van der Waals surface area contributed by atoms with Crippen molar-refractivity contribution in [2.24, 2.45) is 0 Å². The third-order valence-electron chi connectivity index (χ3n) is 3.27. The molecule has 1 N–H and O–H groups in total. The van der Waals surface area contributed by atoms with E-state index in [-0.39, 0.29) is 5.56 Å². The number of hydrogen-bond donors (Lipinski definition) is 1. The van der Waals surface area contributed by atoms with E-state index in [9.17, 15) is 14.7 Å². The second-order valence-electron chi connectivity index (χ2n) is 5.27. The zero-order chi connectivity index (χ0) is 16.3. The standard InChI is InChI=1S/C16H17ClN2O3/c1-18(2)7-8-19-9-13(11-3-5-12(17)6-4-11)15(20)14(10-19)16(21)22/h3-6,9-10H,7-8H2,1-2H3,(H,21,22). The predicted octanol–water partition coefficient (Wildman–Crippen LogP) is 2.43. The number of carbonyl (C=O) groups is 1. The van der Waals surface area contributed by atoms with Crippen molar-refractivity contribution in [2.75, 3.05) is 20.6 Å². The lowest BCUT2D eigenvalue weighted by Crippen LogP contribution is -2.23. The molecule has 2 aromatic rings. The second-order valence-corrected chi connectivity index (χ2v) is 5.70. The molecule has 0 aliphatic carbocycles. The number of likely N-dealkylation sites (N-methyl/N-ethyl adjacent to an activating group) is 1. The molecule has 0 aliphatic heterocycles. The molecule has 0 saturated heterocycles. The van der Waals surface area contributed by atoms with Gasteiger partial charge in [0.05, 0.1) is 0 Å². The molecule has 1 aromatic carbocycles. The second kappa shape index (κ2) is 6.77. The predicted molar refractivity (Wildman–Crippen MR) is 86.7 cm³/mol. The Morgan fingerprint density at radius 1 is 1.23 bits per heavy atom. The summed E-state index contributed by atoms with van der Waals surface area (Å²) in [6, 6.07) is 6.77. The van der Waals surface area contributed by atoms with E-state index in [0.717, 1.165) is 6.54 Å². The van der Waals surface area contributed by atoms with Crippen molar-refractivity contribution in [3.05, 3.63) is 57.5 Å². The minimum absolute atomic E-state index is 0.230. The Balaban J connectivity index is 2.53. The Labute approximate surface area is 133 Å². The molecule has 0 amide bonds. The van der Waals surface area contributed by atoms with Crippen LogP contribution in [0.4, 0.5) is 0 Å². The van der Waals surface area contributed by atoms with Gasteiger partial charge in [0.25, 0.3) is 0 Å². The van der Waals surface area contributed by atoms with Crippen molar-refractivity contribution in [3.8, 4) is 11.1 Å². The Hall–Kier alpha value is -2.11. The average Bonchev–Trinajstić information content (AvgIpc) is 2.46. The summed E-state index contributed by atoms with van der Waals surface area (Å²) in [6.07, 6.45) is 3.06. The summed E-state index contributed by atoms with van der Waals surface area (Å²) >= 11 is 5.85. The molecular weight excluding hydrogens is 304 g/mol. The fourth-order valence-corrected chi connectivity index (χ4v) is 2.19. The lowest BCUT2D eigenvalue weighted by molar-refractivity contribution is 0.0694. The molecule has 0 radical (unpaired) electrons. The van der Waals surface area contributed by atoms with E-state index in [0.29, 0.717) is 22.7 Å². The van der Waals surface area contributed by atoms with Crippen LogP contribution in [-0.2, 0) is 6.54 Å². The van der Waals surface area contributed by atoms with Gasteiger partial charge in [0.15, 0.2) is 0 Å². The Morgan fingerprint density at radius 3 is 2.41 bits per heavy atom. The number of carboxylic acids is 1. The van der Waals surface area contributed by atoms with E-state index in [4.69, 9.17) is 11.6 Å². The SMILES string of the molecule is CN(C)CCn1cc(C(=O)O)c(=O)c(-c2ccc(Cl)cc2)c1. The first-order valence-corrected chi connectivity index (χ1v) is 7.14. The normalized spacial score (nSPS) is 10.9. The summed E-state index contributed by atoms with van der Waals surface area (Å²) in [5.74, 6) is -1.22. The van der Waals surface area contributed by atoms with Gasteiger partial charge in [-0.25, -0.2) is 4.79 Å². The van der Waals surface area contributed by atoms with Crippen LogP contribution in [0, 0.1) is 0 Å². The Bertz CT molecular complexity index is 736. The molecule has 1 heterocycles. The molecule has 0 aliphatic rings. The number of benzene rings is 1. The van der Waals surface area contributed by atoms with Gasteiger partial charge in [0.2, 0.25) is 5.43 Å². The van der Waals surface area contributed by atoms with Gasteiger partial charge in [0, 0.05) is 36.1 Å². The van der Waals surface area contributed by atoms with Crippen LogP contribution in [0.2, 0.25) is 5.02 Å². The number of hydrogen-bond acceptors (Lipinski definition) is 3. The fraction of sp³-hybridized carbons (Fsp3) is 0.250. The first-order chi connectivity index (χ1) is 10.4. The minimum atomic E-state index is -1.22. The van der Waals surface area contributed by atoms with Crippen molar-refractivity contribution in [1.29, 1.82) is 0 Å². The van der Waals surface area contributed by atoms with Gasteiger partial charge in [-0.15, -0.1) is 0 Å². The summed E-state index contributed by atoms with van der Waals surface area (Å²) in [5.41, 5.74) is 0.286. The minimum Gasteiger partial charge on any atom is -0.477 e. The molecule has 0 saturated carbocycles. The van der Waals surface area contributed by atoms with Crippen LogP contribution in [0.15, 0.2) is 41.5 Å². The maximum atomic E-state index is 12.3. The van der Waals surface area contributed by atoms with Crippen molar-refractivity contribution in [2.45, 2.75) is 6.54 Å². The van der Waals surface area contributed by atoms with Crippen LogP contribution in [0.1, 0.15) is 10.4 Å². The highest BCUT2D eigenvalue weighted by Gasteiger charge is 2.15. The number of aromatic nitrogens is 1. The lowest BCUT2D eigenvalue weighted by Gasteiger charge is -2.14. The molecule has 1 aromatic heterocycles. The van der Waals surface area contributed by atoms with E-state index < -0.39 is 11.4 Å². The average molecular weight is 321 g/mol. The molecular formula is C16H17ClN2O3. The van der Waals surface area contributed by atoms with Gasteiger partial charge in [-0.05, 0) is 31.8 Å². The lowest BCUT2D eigenvalue weighted by atomic mass is 10.1. The summed E-state index contributed by atoms with van der Waals surface area (Å²) in [6.45, 7) is 1.33. The smallest absolute Gasteiger partial charge is 0.341 e. The number of nitrogens with zero attached hydrogens (tertiary/aromatic N) is 2. The monoisotopic (exact) mass is 320 g/mol. The number of aromatic carboxylic acids is 1. The van der Waals surface area contributed by atoms with Gasteiger partial charge < -0.3 is 14.6 Å². The van der Waals surface area contributed by atoms with E-state index in [1.54, 1.807) is 35.0 Å². The third kappa shape index (κ3) is 3.75. The van der Waals surface area contributed by atoms with E-state index in [2.05, 4.69) is 0 Å². The molecule has 0 spiro atoms. The largest absolute Gasteiger partial charge is 0.477 e. The topological polar surface area (TPSA) is 62.5 Å². The zero-order valence-electron chi connectivity index (χ0n) is 12.4. The van der Waals surface area contributed by atoms with E-state index >= 15 is 0 Å². The van der Waals surface area contributed by atoms with Crippen LogP contribution < -0.4 is 5.43 Å². The zero-order valence-corrected chi connectivity index (χ0v) is 13.2. The molecule has 22 heavy (non-hydrogen) atoms. The molecule has 0 atom stereocenters. The maximum absolute atomic E-state index is 12.3. The van der Waals surface area contributed by atoms with Gasteiger partial charge in [0.1, 0.15) is 5.56 Å². The molecule has 5 nitrogen and oxygen atoms in total. The van der Waals surface area contributed by atoms with Crippen molar-refractivity contribution >= 4 is 17.6 Å². The molecule has 0 fully saturated rings. The van der Waals surface area contributed by atoms with Crippen LogP contribution in [0.3, 0.4) is 0 Å². The van der Waals surface area contributed by atoms with Crippen LogP contribution >= 0.6 is 11.6 Å². The van der Waals surface area contributed by atoms with Gasteiger partial charge >= 0.3 is 5.97 Å². The summed E-state index contributed by atoms with van der Waals surface area (Å²) in [4.78, 5) is 25.6.